The van der Waals surface area contributed by atoms with E-state index in [0.29, 0.717) is 41.0 Å². The highest BCUT2D eigenvalue weighted by Gasteiger charge is 2.23. The van der Waals surface area contributed by atoms with Crippen molar-refractivity contribution >= 4 is 28.9 Å². The summed E-state index contributed by atoms with van der Waals surface area (Å²) in [7, 11) is 0. The maximum absolute atomic E-state index is 12.9. The Bertz CT molecular complexity index is 975. The number of ether oxygens (including phenoxy) is 2. The van der Waals surface area contributed by atoms with E-state index in [4.69, 9.17) is 21.1 Å². The largest absolute Gasteiger partial charge is 0.489 e. The summed E-state index contributed by atoms with van der Waals surface area (Å²) in [6, 6.07) is 7.95. The number of nitro benzene ring substituents is 1. The summed E-state index contributed by atoms with van der Waals surface area (Å²) in [5.41, 5.74) is 1.66. The molecule has 1 saturated heterocycles. The number of rotatable bonds is 5. The Morgan fingerprint density at radius 2 is 1.90 bits per heavy atom. The van der Waals surface area contributed by atoms with Crippen molar-refractivity contribution in [2.24, 2.45) is 0 Å². The number of benzene rings is 2. The van der Waals surface area contributed by atoms with E-state index in [1.165, 1.54) is 12.1 Å². The lowest BCUT2D eigenvalue weighted by atomic mass is 10.1. The molecule has 158 valence electrons. The van der Waals surface area contributed by atoms with Gasteiger partial charge in [0.1, 0.15) is 0 Å². The number of carbonyl (C=O) groups is 1. The van der Waals surface area contributed by atoms with Gasteiger partial charge in [-0.05, 0) is 36.6 Å². The van der Waals surface area contributed by atoms with Crippen LogP contribution in [0.3, 0.4) is 0 Å². The number of nitrogens with one attached hydrogen (secondary N) is 1. The van der Waals surface area contributed by atoms with Gasteiger partial charge in [0.05, 0.1) is 34.4 Å². The van der Waals surface area contributed by atoms with Gasteiger partial charge in [0.25, 0.3) is 11.6 Å². The van der Waals surface area contributed by atoms with E-state index in [0.717, 1.165) is 37.9 Å². The van der Waals surface area contributed by atoms with E-state index in [-0.39, 0.29) is 18.1 Å². The van der Waals surface area contributed by atoms with Crippen LogP contribution in [0, 0.1) is 10.1 Å². The molecule has 9 heteroatoms. The summed E-state index contributed by atoms with van der Waals surface area (Å²) < 4.78 is 11.3. The lowest BCUT2D eigenvalue weighted by molar-refractivity contribution is -0.384. The first-order valence-corrected chi connectivity index (χ1v) is 10.3. The first kappa shape index (κ1) is 20.3. The molecule has 0 unspecified atom stereocenters. The summed E-state index contributed by atoms with van der Waals surface area (Å²) in [5, 5.41) is 14.5. The number of hydrogen-bond acceptors (Lipinski definition) is 6. The van der Waals surface area contributed by atoms with Gasteiger partial charge in [-0.3, -0.25) is 14.9 Å². The molecule has 0 radical (unpaired) electrons. The molecule has 0 aromatic heterocycles. The molecular weight excluding hydrogens is 410 g/mol. The minimum Gasteiger partial charge on any atom is -0.489 e. The van der Waals surface area contributed by atoms with Crippen LogP contribution in [-0.4, -0.2) is 37.1 Å². The van der Waals surface area contributed by atoms with E-state index in [9.17, 15) is 14.9 Å². The number of nitro groups is 1. The van der Waals surface area contributed by atoms with Gasteiger partial charge in [-0.25, -0.2) is 0 Å². The minimum atomic E-state index is -0.492. The Kier molecular flexibility index (Phi) is 5.94. The molecule has 2 aliphatic rings. The quantitative estimate of drug-likeness (QED) is 0.569. The normalized spacial score (nSPS) is 15.6. The fourth-order valence-electron chi connectivity index (χ4n) is 3.72. The van der Waals surface area contributed by atoms with Gasteiger partial charge in [-0.2, -0.15) is 0 Å². The van der Waals surface area contributed by atoms with Crippen molar-refractivity contribution in [2.45, 2.75) is 25.8 Å². The van der Waals surface area contributed by atoms with Crippen molar-refractivity contribution in [1.82, 2.24) is 5.32 Å². The highest BCUT2D eigenvalue weighted by Crippen LogP contribution is 2.38. The summed E-state index contributed by atoms with van der Waals surface area (Å²) in [4.78, 5) is 25.8. The summed E-state index contributed by atoms with van der Waals surface area (Å²) in [6.45, 7) is 2.93. The van der Waals surface area contributed by atoms with E-state index in [1.807, 2.05) is 0 Å². The molecule has 0 atom stereocenters. The molecule has 4 rings (SSSR count). The molecule has 0 bridgehead atoms. The van der Waals surface area contributed by atoms with Crippen molar-refractivity contribution in [1.29, 1.82) is 0 Å². The van der Waals surface area contributed by atoms with E-state index in [1.54, 1.807) is 18.2 Å². The number of amides is 1. The Labute approximate surface area is 178 Å². The molecule has 2 aromatic carbocycles. The number of carbonyl (C=O) groups excluding carboxylic acids is 1. The third-order valence-electron chi connectivity index (χ3n) is 5.20. The van der Waals surface area contributed by atoms with Crippen LogP contribution in [0.1, 0.15) is 35.2 Å². The van der Waals surface area contributed by atoms with Crippen molar-refractivity contribution in [2.75, 3.05) is 31.2 Å². The molecule has 2 aromatic rings. The van der Waals surface area contributed by atoms with Crippen LogP contribution >= 0.6 is 11.6 Å². The molecule has 0 saturated carbocycles. The smallest absolute Gasteiger partial charge is 0.270 e. The monoisotopic (exact) mass is 431 g/mol. The second kappa shape index (κ2) is 8.79. The van der Waals surface area contributed by atoms with Gasteiger partial charge < -0.3 is 19.7 Å². The topological polar surface area (TPSA) is 93.9 Å². The summed E-state index contributed by atoms with van der Waals surface area (Å²) in [6.07, 6.45) is 2.84. The number of non-ortho nitro benzene ring substituents is 1. The minimum absolute atomic E-state index is 0.110. The third-order valence-corrected chi connectivity index (χ3v) is 5.48. The summed E-state index contributed by atoms with van der Waals surface area (Å²) in [5.74, 6) is 0.695. The molecule has 1 amide bonds. The molecule has 1 N–H and O–H groups in total. The zero-order chi connectivity index (χ0) is 21.1. The first-order chi connectivity index (χ1) is 14.5. The fourth-order valence-corrected chi connectivity index (χ4v) is 4.00. The fraction of sp³-hybridized carbons (Fsp3) is 0.381. The van der Waals surface area contributed by atoms with Crippen molar-refractivity contribution < 1.29 is 19.2 Å². The predicted octanol–water partition coefficient (Wildman–Crippen LogP) is 3.94. The maximum atomic E-state index is 12.9. The van der Waals surface area contributed by atoms with Crippen molar-refractivity contribution in [3.63, 3.8) is 0 Å². The van der Waals surface area contributed by atoms with E-state index in [2.05, 4.69) is 10.2 Å². The van der Waals surface area contributed by atoms with Crippen LogP contribution in [0.5, 0.6) is 11.5 Å². The number of nitrogens with zero attached hydrogens (tertiary/aromatic N) is 2. The molecule has 8 nitrogen and oxygen atoms in total. The number of halogens is 1. The predicted molar refractivity (Wildman–Crippen MR) is 113 cm³/mol. The van der Waals surface area contributed by atoms with Crippen LogP contribution in [0.2, 0.25) is 5.02 Å². The standard InChI is InChI=1S/C21H22ClN3O5/c22-17-10-14(11-19-20(17)30-9-3-8-29-19)13-23-21(26)16-12-15(25(27)28)4-5-18(16)24-6-1-2-7-24/h4-5,10-12H,1-3,6-9,13H2,(H,23,26). The SMILES string of the molecule is O=C(NCc1cc(Cl)c2c(c1)OCCCO2)c1cc([N+](=O)[O-])ccc1N1CCCC1. The van der Waals surface area contributed by atoms with Crippen LogP contribution in [0.15, 0.2) is 30.3 Å². The molecule has 0 spiro atoms. The summed E-state index contributed by atoms with van der Waals surface area (Å²) >= 11 is 6.32. The zero-order valence-electron chi connectivity index (χ0n) is 16.4. The molecule has 2 aliphatic heterocycles. The zero-order valence-corrected chi connectivity index (χ0v) is 17.1. The highest BCUT2D eigenvalue weighted by atomic mass is 35.5. The van der Waals surface area contributed by atoms with Crippen molar-refractivity contribution in [3.05, 3.63) is 56.6 Å². The van der Waals surface area contributed by atoms with Gasteiger partial charge >= 0.3 is 0 Å². The van der Waals surface area contributed by atoms with E-state index < -0.39 is 4.92 Å². The number of anilines is 1. The Morgan fingerprint density at radius 3 is 2.67 bits per heavy atom. The van der Waals surface area contributed by atoms with Gasteiger partial charge in [-0.15, -0.1) is 0 Å². The average Bonchev–Trinajstić information content (AvgIpc) is 3.17. The molecule has 0 aliphatic carbocycles. The van der Waals surface area contributed by atoms with Crippen LogP contribution in [-0.2, 0) is 6.54 Å². The van der Waals surface area contributed by atoms with E-state index >= 15 is 0 Å². The third kappa shape index (κ3) is 4.28. The first-order valence-electron chi connectivity index (χ1n) is 9.92. The molecule has 30 heavy (non-hydrogen) atoms. The highest BCUT2D eigenvalue weighted by molar-refractivity contribution is 6.32. The number of fused-ring (bicyclic) bond motifs is 1. The second-order valence-electron chi connectivity index (χ2n) is 7.29. The van der Waals surface area contributed by atoms with Crippen LogP contribution in [0.25, 0.3) is 0 Å². The number of hydrogen-bond donors (Lipinski definition) is 1. The Hall–Kier alpha value is -3.00. The Morgan fingerprint density at radius 1 is 1.13 bits per heavy atom. The molecule has 2 heterocycles. The van der Waals surface area contributed by atoms with Crippen molar-refractivity contribution in [3.8, 4) is 11.5 Å². The van der Waals surface area contributed by atoms with Crippen LogP contribution in [0.4, 0.5) is 11.4 Å². The van der Waals surface area contributed by atoms with Gasteiger partial charge in [-0.1, -0.05) is 11.6 Å². The molecular formula is C21H22ClN3O5. The average molecular weight is 432 g/mol. The van der Waals surface area contributed by atoms with Gasteiger partial charge in [0.15, 0.2) is 11.5 Å². The lowest BCUT2D eigenvalue weighted by Gasteiger charge is -2.21. The molecule has 1 fully saturated rings. The van der Waals surface area contributed by atoms with Gasteiger partial charge in [0, 0.05) is 38.2 Å². The Balaban J connectivity index is 1.55. The van der Waals surface area contributed by atoms with Gasteiger partial charge in [0.2, 0.25) is 0 Å². The van der Waals surface area contributed by atoms with Crippen LogP contribution < -0.4 is 19.7 Å². The second-order valence-corrected chi connectivity index (χ2v) is 7.70. The maximum Gasteiger partial charge on any atom is 0.270 e. The lowest BCUT2D eigenvalue weighted by Crippen LogP contribution is -2.27.